The third kappa shape index (κ3) is 3.42. The lowest BCUT2D eigenvalue weighted by Crippen LogP contribution is -2.08. The summed E-state index contributed by atoms with van der Waals surface area (Å²) in [5.74, 6) is -0.820. The molecule has 0 aliphatic rings. The number of thiazole rings is 1. The minimum atomic E-state index is -0.820. The molecule has 13 heavy (non-hydrogen) atoms. The molecule has 0 saturated carbocycles. The van der Waals surface area contributed by atoms with Gasteiger partial charge in [0.25, 0.3) is 0 Å². The first-order chi connectivity index (χ1) is 6.08. The van der Waals surface area contributed by atoms with Crippen molar-refractivity contribution < 1.29 is 9.90 Å². The van der Waals surface area contributed by atoms with Gasteiger partial charge in [-0.25, -0.2) is 4.98 Å². The number of carboxylic acids is 1. The molecule has 0 bridgehead atoms. The van der Waals surface area contributed by atoms with Gasteiger partial charge in [0.2, 0.25) is 0 Å². The summed E-state index contributed by atoms with van der Waals surface area (Å²) < 4.78 is 0. The molecule has 0 radical (unpaired) electrons. The van der Waals surface area contributed by atoms with Crippen molar-refractivity contribution >= 4 is 22.4 Å². The number of carboxylic acid groups (broad SMARTS) is 1. The molecular formula is C8H12N2O2S. The average Bonchev–Trinajstić information content (AvgIpc) is 2.33. The minimum Gasteiger partial charge on any atom is -0.481 e. The Morgan fingerprint density at radius 3 is 3.00 bits per heavy atom. The Kier molecular flexibility index (Phi) is 3.25. The van der Waals surface area contributed by atoms with Gasteiger partial charge in [-0.2, -0.15) is 0 Å². The van der Waals surface area contributed by atoms with Crippen molar-refractivity contribution in [3.63, 3.8) is 0 Å². The predicted molar refractivity (Wildman–Crippen MR) is 52.2 cm³/mol. The number of nitrogens with zero attached hydrogens (tertiary/aromatic N) is 1. The lowest BCUT2D eigenvalue weighted by Gasteiger charge is -2.03. The maximum atomic E-state index is 10.4. The molecule has 0 spiro atoms. The van der Waals surface area contributed by atoms with Crippen molar-refractivity contribution in [1.82, 2.24) is 4.98 Å². The van der Waals surface area contributed by atoms with Gasteiger partial charge in [-0.15, -0.1) is 11.3 Å². The summed E-state index contributed by atoms with van der Waals surface area (Å²) in [7, 11) is 0. The second-order valence-corrected chi connectivity index (χ2v) is 4.12. The van der Waals surface area contributed by atoms with Crippen LogP contribution in [0.2, 0.25) is 0 Å². The highest BCUT2D eigenvalue weighted by Gasteiger charge is 2.05. The fraction of sp³-hybridized carbons (Fsp3) is 0.500. The van der Waals surface area contributed by atoms with E-state index >= 15 is 0 Å². The fourth-order valence-corrected chi connectivity index (χ4v) is 1.80. The minimum absolute atomic E-state index is 0.0530. The zero-order valence-corrected chi connectivity index (χ0v) is 8.39. The Labute approximate surface area is 80.6 Å². The Bertz CT molecular complexity index is 296. The summed E-state index contributed by atoms with van der Waals surface area (Å²) in [6.07, 6.45) is 1.65. The topological polar surface area (TPSA) is 62.2 Å². The van der Waals surface area contributed by atoms with Crippen LogP contribution in [0.4, 0.5) is 5.13 Å². The molecule has 1 aromatic rings. The molecule has 0 amide bonds. The molecule has 0 aromatic carbocycles. The van der Waals surface area contributed by atoms with Crippen molar-refractivity contribution in [3.8, 4) is 0 Å². The van der Waals surface area contributed by atoms with Crippen LogP contribution in [0.5, 0.6) is 0 Å². The average molecular weight is 200 g/mol. The second-order valence-electron chi connectivity index (χ2n) is 3.00. The molecule has 2 N–H and O–H groups in total. The van der Waals surface area contributed by atoms with Crippen LogP contribution in [0, 0.1) is 0 Å². The maximum Gasteiger partial charge on any atom is 0.308 e. The van der Waals surface area contributed by atoms with E-state index in [0.29, 0.717) is 6.04 Å². The van der Waals surface area contributed by atoms with Crippen LogP contribution in [0.3, 0.4) is 0 Å². The van der Waals surface area contributed by atoms with Crippen molar-refractivity contribution in [2.45, 2.75) is 26.3 Å². The van der Waals surface area contributed by atoms with Crippen molar-refractivity contribution in [2.24, 2.45) is 0 Å². The quantitative estimate of drug-likeness (QED) is 0.774. The van der Waals surface area contributed by atoms with Crippen LogP contribution in [-0.2, 0) is 11.2 Å². The second kappa shape index (κ2) is 4.23. The molecule has 1 heterocycles. The van der Waals surface area contributed by atoms with Gasteiger partial charge >= 0.3 is 5.97 Å². The monoisotopic (exact) mass is 200 g/mol. The van der Waals surface area contributed by atoms with Gasteiger partial charge in [0.05, 0.1) is 6.42 Å². The number of hydrogen-bond acceptors (Lipinski definition) is 4. The van der Waals surface area contributed by atoms with E-state index in [9.17, 15) is 4.79 Å². The van der Waals surface area contributed by atoms with Crippen LogP contribution in [0.15, 0.2) is 6.20 Å². The van der Waals surface area contributed by atoms with Gasteiger partial charge in [0.15, 0.2) is 5.13 Å². The van der Waals surface area contributed by atoms with E-state index in [0.717, 1.165) is 10.0 Å². The molecule has 0 unspecified atom stereocenters. The lowest BCUT2D eigenvalue weighted by atomic mass is 10.4. The smallest absolute Gasteiger partial charge is 0.308 e. The summed E-state index contributed by atoms with van der Waals surface area (Å²) in [5, 5.41) is 12.4. The summed E-state index contributed by atoms with van der Waals surface area (Å²) in [6.45, 7) is 4.02. The van der Waals surface area contributed by atoms with Gasteiger partial charge in [-0.3, -0.25) is 4.79 Å². The van der Waals surface area contributed by atoms with E-state index in [4.69, 9.17) is 5.11 Å². The first kappa shape index (κ1) is 9.98. The van der Waals surface area contributed by atoms with Crippen LogP contribution in [0.25, 0.3) is 0 Å². The molecular weight excluding hydrogens is 188 g/mol. The molecule has 72 valence electrons. The Balaban J connectivity index is 2.58. The Hall–Kier alpha value is -1.10. The molecule has 4 nitrogen and oxygen atoms in total. The highest BCUT2D eigenvalue weighted by Crippen LogP contribution is 2.18. The molecule has 1 rings (SSSR count). The fourth-order valence-electron chi connectivity index (χ4n) is 0.852. The van der Waals surface area contributed by atoms with Gasteiger partial charge < -0.3 is 10.4 Å². The Morgan fingerprint density at radius 1 is 1.77 bits per heavy atom. The molecule has 0 aliphatic heterocycles. The summed E-state index contributed by atoms with van der Waals surface area (Å²) in [5.41, 5.74) is 0. The van der Waals surface area contributed by atoms with Gasteiger partial charge in [0, 0.05) is 17.1 Å². The third-order valence-corrected chi connectivity index (χ3v) is 2.22. The number of aliphatic carboxylic acids is 1. The van der Waals surface area contributed by atoms with Gasteiger partial charge in [-0.05, 0) is 13.8 Å². The van der Waals surface area contributed by atoms with E-state index in [2.05, 4.69) is 10.3 Å². The first-order valence-corrected chi connectivity index (χ1v) is 4.82. The highest BCUT2D eigenvalue weighted by molar-refractivity contribution is 7.15. The van der Waals surface area contributed by atoms with Gasteiger partial charge in [-0.1, -0.05) is 0 Å². The maximum absolute atomic E-state index is 10.4. The highest BCUT2D eigenvalue weighted by atomic mass is 32.1. The van der Waals surface area contributed by atoms with Gasteiger partial charge in [0.1, 0.15) is 0 Å². The van der Waals surface area contributed by atoms with Crippen molar-refractivity contribution in [2.75, 3.05) is 5.32 Å². The number of carbonyl (C=O) groups is 1. The SMILES string of the molecule is CC(C)Nc1ncc(CC(=O)O)s1. The normalized spacial score (nSPS) is 10.4. The van der Waals surface area contributed by atoms with Crippen molar-refractivity contribution in [3.05, 3.63) is 11.1 Å². The third-order valence-electron chi connectivity index (χ3n) is 1.29. The standard InChI is InChI=1S/C8H12N2O2S/c1-5(2)10-8-9-4-6(13-8)3-7(11)12/h4-5H,3H2,1-2H3,(H,9,10)(H,11,12). The van der Waals surface area contributed by atoms with Crippen LogP contribution >= 0.6 is 11.3 Å². The summed E-state index contributed by atoms with van der Waals surface area (Å²) in [4.78, 5) is 15.2. The zero-order valence-electron chi connectivity index (χ0n) is 7.57. The van der Waals surface area contributed by atoms with Crippen LogP contribution < -0.4 is 5.32 Å². The Morgan fingerprint density at radius 2 is 2.46 bits per heavy atom. The summed E-state index contributed by atoms with van der Waals surface area (Å²) >= 11 is 1.39. The molecule has 1 aromatic heterocycles. The van der Waals surface area contributed by atoms with Crippen molar-refractivity contribution in [1.29, 1.82) is 0 Å². The number of anilines is 1. The van der Waals surface area contributed by atoms with E-state index in [-0.39, 0.29) is 6.42 Å². The number of rotatable bonds is 4. The first-order valence-electron chi connectivity index (χ1n) is 4.01. The largest absolute Gasteiger partial charge is 0.481 e. The number of hydrogen-bond donors (Lipinski definition) is 2. The van der Waals surface area contributed by atoms with E-state index in [1.54, 1.807) is 6.20 Å². The molecule has 0 fully saturated rings. The molecule has 0 atom stereocenters. The molecule has 0 aliphatic carbocycles. The molecule has 5 heteroatoms. The van der Waals surface area contributed by atoms with E-state index in [1.807, 2.05) is 13.8 Å². The molecule has 0 saturated heterocycles. The van der Waals surface area contributed by atoms with Crippen LogP contribution in [-0.4, -0.2) is 22.1 Å². The number of nitrogens with one attached hydrogen (secondary N) is 1. The lowest BCUT2D eigenvalue weighted by molar-refractivity contribution is -0.136. The van der Waals surface area contributed by atoms with E-state index in [1.165, 1.54) is 11.3 Å². The van der Waals surface area contributed by atoms with E-state index < -0.39 is 5.97 Å². The number of aromatic nitrogens is 1. The van der Waals surface area contributed by atoms with Crippen LogP contribution in [0.1, 0.15) is 18.7 Å². The summed E-state index contributed by atoms with van der Waals surface area (Å²) in [6, 6.07) is 0.323. The predicted octanol–water partition coefficient (Wildman–Crippen LogP) is 1.59. The zero-order chi connectivity index (χ0) is 9.84.